The summed E-state index contributed by atoms with van der Waals surface area (Å²) >= 11 is 0. The molecule has 1 aromatic heterocycles. The third-order valence-corrected chi connectivity index (χ3v) is 4.05. The standard InChI is InChI=1S/C15H18N2O/c18-12-15(7-4-8-15)14-9-16-17(11-14)10-13-5-2-1-3-6-13/h1-3,5-6,9,11,18H,4,7-8,10,12H2. The smallest absolute Gasteiger partial charge is 0.0659 e. The molecule has 0 bridgehead atoms. The second kappa shape index (κ2) is 4.58. The molecule has 0 atom stereocenters. The van der Waals surface area contributed by atoms with Crippen molar-refractivity contribution in [2.45, 2.75) is 31.2 Å². The molecule has 3 nitrogen and oxygen atoms in total. The first-order chi connectivity index (χ1) is 8.82. The second-order valence-electron chi connectivity index (χ2n) is 5.20. The van der Waals surface area contributed by atoms with Crippen LogP contribution >= 0.6 is 0 Å². The van der Waals surface area contributed by atoms with Gasteiger partial charge in [0.05, 0.1) is 19.3 Å². The molecule has 0 saturated heterocycles. The maximum absolute atomic E-state index is 9.55. The lowest BCUT2D eigenvalue weighted by molar-refractivity contribution is 0.120. The van der Waals surface area contributed by atoms with E-state index < -0.39 is 0 Å². The van der Waals surface area contributed by atoms with Gasteiger partial charge >= 0.3 is 0 Å². The number of hydrogen-bond acceptors (Lipinski definition) is 2. The number of aliphatic hydroxyl groups is 1. The maximum atomic E-state index is 9.55. The SMILES string of the molecule is OCC1(c2cnn(Cc3ccccc3)c2)CCC1. The molecular weight excluding hydrogens is 224 g/mol. The van der Waals surface area contributed by atoms with Gasteiger partial charge in [0.15, 0.2) is 0 Å². The molecule has 3 rings (SSSR count). The van der Waals surface area contributed by atoms with Crippen LogP contribution in [-0.2, 0) is 12.0 Å². The van der Waals surface area contributed by atoms with Crippen molar-refractivity contribution in [3.05, 3.63) is 53.9 Å². The van der Waals surface area contributed by atoms with E-state index in [2.05, 4.69) is 23.4 Å². The van der Waals surface area contributed by atoms with E-state index in [0.29, 0.717) is 0 Å². The highest BCUT2D eigenvalue weighted by molar-refractivity contribution is 5.24. The summed E-state index contributed by atoms with van der Waals surface area (Å²) in [7, 11) is 0. The van der Waals surface area contributed by atoms with E-state index in [-0.39, 0.29) is 12.0 Å². The molecule has 18 heavy (non-hydrogen) atoms. The van der Waals surface area contributed by atoms with Crippen LogP contribution in [0.15, 0.2) is 42.7 Å². The van der Waals surface area contributed by atoms with Crippen molar-refractivity contribution in [1.82, 2.24) is 9.78 Å². The predicted octanol–water partition coefficient (Wildman–Crippen LogP) is 2.35. The summed E-state index contributed by atoms with van der Waals surface area (Å²) in [5, 5.41) is 14.0. The van der Waals surface area contributed by atoms with E-state index in [4.69, 9.17) is 0 Å². The van der Waals surface area contributed by atoms with Gasteiger partial charge < -0.3 is 5.11 Å². The van der Waals surface area contributed by atoms with E-state index >= 15 is 0 Å². The van der Waals surface area contributed by atoms with Crippen LogP contribution in [-0.4, -0.2) is 21.5 Å². The van der Waals surface area contributed by atoms with E-state index in [1.165, 1.54) is 17.5 Å². The number of nitrogens with zero attached hydrogens (tertiary/aromatic N) is 2. The molecule has 0 unspecified atom stereocenters. The Labute approximate surface area is 107 Å². The van der Waals surface area contributed by atoms with Gasteiger partial charge in [0, 0.05) is 11.6 Å². The summed E-state index contributed by atoms with van der Waals surface area (Å²) in [6.07, 6.45) is 7.38. The van der Waals surface area contributed by atoms with Gasteiger partial charge in [-0.05, 0) is 24.0 Å². The lowest BCUT2D eigenvalue weighted by atomic mass is 9.66. The zero-order valence-electron chi connectivity index (χ0n) is 10.4. The lowest BCUT2D eigenvalue weighted by Gasteiger charge is -2.39. The summed E-state index contributed by atoms with van der Waals surface area (Å²) in [5.74, 6) is 0. The molecule has 0 spiro atoms. The molecule has 1 aromatic carbocycles. The van der Waals surface area contributed by atoms with Gasteiger partial charge in [-0.25, -0.2) is 0 Å². The Kier molecular flexibility index (Phi) is 2.92. The van der Waals surface area contributed by atoms with E-state index in [1.807, 2.05) is 29.1 Å². The average Bonchev–Trinajstić information content (AvgIpc) is 2.79. The first kappa shape index (κ1) is 11.5. The maximum Gasteiger partial charge on any atom is 0.0659 e. The molecule has 3 heteroatoms. The highest BCUT2D eigenvalue weighted by atomic mass is 16.3. The van der Waals surface area contributed by atoms with Crippen molar-refractivity contribution >= 4 is 0 Å². The van der Waals surface area contributed by atoms with Gasteiger partial charge in [-0.1, -0.05) is 36.8 Å². The Morgan fingerprint density at radius 2 is 2.00 bits per heavy atom. The van der Waals surface area contributed by atoms with Gasteiger partial charge in [0.2, 0.25) is 0 Å². The number of hydrogen-bond donors (Lipinski definition) is 1. The second-order valence-corrected chi connectivity index (χ2v) is 5.20. The highest BCUT2D eigenvalue weighted by Crippen LogP contribution is 2.42. The van der Waals surface area contributed by atoms with E-state index in [0.717, 1.165) is 19.4 Å². The number of benzene rings is 1. The highest BCUT2D eigenvalue weighted by Gasteiger charge is 2.38. The van der Waals surface area contributed by atoms with E-state index in [9.17, 15) is 5.11 Å². The van der Waals surface area contributed by atoms with Crippen LogP contribution in [0.25, 0.3) is 0 Å². The molecule has 1 saturated carbocycles. The van der Waals surface area contributed by atoms with Crippen molar-refractivity contribution in [3.63, 3.8) is 0 Å². The van der Waals surface area contributed by atoms with Crippen LogP contribution in [0.5, 0.6) is 0 Å². The monoisotopic (exact) mass is 242 g/mol. The quantitative estimate of drug-likeness (QED) is 0.893. The van der Waals surface area contributed by atoms with Crippen molar-refractivity contribution in [1.29, 1.82) is 0 Å². The summed E-state index contributed by atoms with van der Waals surface area (Å²) < 4.78 is 1.96. The fourth-order valence-electron chi connectivity index (χ4n) is 2.64. The minimum absolute atomic E-state index is 0.00502. The van der Waals surface area contributed by atoms with Gasteiger partial charge in [-0.3, -0.25) is 4.68 Å². The van der Waals surface area contributed by atoms with Crippen LogP contribution in [0.2, 0.25) is 0 Å². The molecule has 0 amide bonds. The van der Waals surface area contributed by atoms with Gasteiger partial charge in [0.25, 0.3) is 0 Å². The van der Waals surface area contributed by atoms with Crippen LogP contribution in [0.1, 0.15) is 30.4 Å². The van der Waals surface area contributed by atoms with Crippen molar-refractivity contribution in [3.8, 4) is 0 Å². The Bertz CT molecular complexity index is 509. The summed E-state index contributed by atoms with van der Waals surface area (Å²) in [6.45, 7) is 1.03. The number of aromatic nitrogens is 2. The first-order valence-electron chi connectivity index (χ1n) is 6.50. The van der Waals surface area contributed by atoms with Crippen LogP contribution in [0, 0.1) is 0 Å². The summed E-state index contributed by atoms with van der Waals surface area (Å²) in [5.41, 5.74) is 2.43. The largest absolute Gasteiger partial charge is 0.395 e. The number of aliphatic hydroxyl groups excluding tert-OH is 1. The Balaban J connectivity index is 1.78. The molecule has 0 aliphatic heterocycles. The molecule has 1 heterocycles. The van der Waals surface area contributed by atoms with Crippen molar-refractivity contribution < 1.29 is 5.11 Å². The minimum atomic E-state index is -0.00502. The minimum Gasteiger partial charge on any atom is -0.395 e. The topological polar surface area (TPSA) is 38.1 Å². The summed E-state index contributed by atoms with van der Waals surface area (Å²) in [4.78, 5) is 0. The third-order valence-electron chi connectivity index (χ3n) is 4.05. The van der Waals surface area contributed by atoms with Gasteiger partial charge in [-0.15, -0.1) is 0 Å². The van der Waals surface area contributed by atoms with Crippen LogP contribution < -0.4 is 0 Å². The van der Waals surface area contributed by atoms with E-state index in [1.54, 1.807) is 0 Å². The van der Waals surface area contributed by atoms with Crippen molar-refractivity contribution in [2.75, 3.05) is 6.61 Å². The molecule has 1 N–H and O–H groups in total. The fourth-order valence-corrected chi connectivity index (χ4v) is 2.64. The first-order valence-corrected chi connectivity index (χ1v) is 6.50. The Morgan fingerprint density at radius 3 is 2.61 bits per heavy atom. The fraction of sp³-hybridized carbons (Fsp3) is 0.400. The van der Waals surface area contributed by atoms with Gasteiger partial charge in [-0.2, -0.15) is 5.10 Å². The third kappa shape index (κ3) is 1.95. The van der Waals surface area contributed by atoms with Crippen molar-refractivity contribution in [2.24, 2.45) is 0 Å². The summed E-state index contributed by atoms with van der Waals surface area (Å²) in [6, 6.07) is 10.3. The Morgan fingerprint density at radius 1 is 1.22 bits per heavy atom. The lowest BCUT2D eigenvalue weighted by Crippen LogP contribution is -2.37. The van der Waals surface area contributed by atoms with Crippen LogP contribution in [0.3, 0.4) is 0 Å². The zero-order chi connectivity index (χ0) is 12.4. The molecule has 94 valence electrons. The normalized spacial score (nSPS) is 17.4. The molecule has 1 aliphatic rings. The zero-order valence-corrected chi connectivity index (χ0v) is 10.4. The molecule has 0 radical (unpaired) electrons. The predicted molar refractivity (Wildman–Crippen MR) is 70.4 cm³/mol. The average molecular weight is 242 g/mol. The Hall–Kier alpha value is -1.61. The van der Waals surface area contributed by atoms with Gasteiger partial charge in [0.1, 0.15) is 0 Å². The molecule has 1 fully saturated rings. The molecule has 1 aliphatic carbocycles. The molecular formula is C15H18N2O. The molecule has 2 aromatic rings. The number of rotatable bonds is 4. The van der Waals surface area contributed by atoms with Crippen LogP contribution in [0.4, 0.5) is 0 Å².